The second-order valence-electron chi connectivity index (χ2n) is 7.19. The molecule has 4 N–H and O–H groups in total. The molecule has 0 aromatic heterocycles. The third-order valence-corrected chi connectivity index (χ3v) is 5.78. The van der Waals surface area contributed by atoms with E-state index in [2.05, 4.69) is 39.2 Å². The summed E-state index contributed by atoms with van der Waals surface area (Å²) in [6, 6.07) is 23.6. The van der Waals surface area contributed by atoms with Gasteiger partial charge in [-0.25, -0.2) is 0 Å². The first-order valence-corrected chi connectivity index (χ1v) is 12.2. The van der Waals surface area contributed by atoms with Crippen LogP contribution in [-0.4, -0.2) is 29.3 Å². The van der Waals surface area contributed by atoms with Gasteiger partial charge in [0.15, 0.2) is 0 Å². The Labute approximate surface area is 220 Å². The minimum absolute atomic E-state index is 0.310. The Kier molecular flexibility index (Phi) is 9.91. The Bertz CT molecular complexity index is 1310. The first-order chi connectivity index (χ1) is 17.5. The van der Waals surface area contributed by atoms with E-state index in [-0.39, 0.29) is 11.8 Å². The Morgan fingerprint density at radius 1 is 0.889 bits per heavy atom. The van der Waals surface area contributed by atoms with E-state index < -0.39 is 0 Å². The van der Waals surface area contributed by atoms with Gasteiger partial charge in [0.05, 0.1) is 0 Å². The fourth-order valence-corrected chi connectivity index (χ4v) is 3.85. The van der Waals surface area contributed by atoms with Gasteiger partial charge in [-0.2, -0.15) is 0 Å². The summed E-state index contributed by atoms with van der Waals surface area (Å²) in [5, 5.41) is 11.8. The quantitative estimate of drug-likeness (QED) is 0.0808. The number of hydrogen-bond acceptors (Lipinski definition) is 5. The van der Waals surface area contributed by atoms with Gasteiger partial charge in [-0.15, -0.1) is 0 Å². The third-order valence-electron chi connectivity index (χ3n) is 4.62. The van der Waals surface area contributed by atoms with Crippen LogP contribution in [0.1, 0.15) is 0 Å². The van der Waals surface area contributed by atoms with Gasteiger partial charge in [0.2, 0.25) is 0 Å². The van der Waals surface area contributed by atoms with E-state index in [1.807, 2.05) is 42.5 Å². The van der Waals surface area contributed by atoms with Gasteiger partial charge in [-0.1, -0.05) is 0 Å². The van der Waals surface area contributed by atoms with Crippen molar-refractivity contribution in [2.75, 3.05) is 28.4 Å². The molecule has 0 saturated carbocycles. The molecule has 9 heteroatoms. The number of benzene rings is 3. The molecule has 0 bridgehead atoms. The summed E-state index contributed by atoms with van der Waals surface area (Å²) in [6.07, 6.45) is 5.37. The van der Waals surface area contributed by atoms with Gasteiger partial charge in [0.1, 0.15) is 0 Å². The molecule has 2 amide bonds. The van der Waals surface area contributed by atoms with Crippen molar-refractivity contribution in [3.8, 4) is 5.75 Å². The van der Waals surface area contributed by atoms with Crippen molar-refractivity contribution < 1.29 is 33.7 Å². The number of carbonyl (C=O) groups excluding carboxylic acids is 2. The van der Waals surface area contributed by atoms with Gasteiger partial charge in [0, 0.05) is 0 Å². The van der Waals surface area contributed by atoms with E-state index in [9.17, 15) is 9.59 Å². The van der Waals surface area contributed by atoms with Gasteiger partial charge in [0.25, 0.3) is 0 Å². The minimum atomic E-state index is -0.332. The topological polar surface area (TPSA) is 104 Å². The van der Waals surface area contributed by atoms with Crippen molar-refractivity contribution in [2.24, 2.45) is 4.99 Å². The molecular formula is C27H24N5O3W-. The first-order valence-electron chi connectivity index (χ1n) is 10.7. The van der Waals surface area contributed by atoms with Crippen molar-refractivity contribution in [3.05, 3.63) is 103 Å². The van der Waals surface area contributed by atoms with Gasteiger partial charge < -0.3 is 0 Å². The second kappa shape index (κ2) is 13.6. The molecule has 0 unspecified atom stereocenters. The van der Waals surface area contributed by atoms with E-state index in [0.717, 1.165) is 25.0 Å². The number of rotatable bonds is 11. The normalized spacial score (nSPS) is 10.9. The average Bonchev–Trinajstić information content (AvgIpc) is 2.89. The molecule has 3 aromatic rings. The predicted octanol–water partition coefficient (Wildman–Crippen LogP) is 4.45. The summed E-state index contributed by atoms with van der Waals surface area (Å²) < 4.78 is 5.84. The number of aliphatic imine (C=N–C) groups is 1. The van der Waals surface area contributed by atoms with Gasteiger partial charge in [-0.3, -0.25) is 0 Å². The van der Waals surface area contributed by atoms with Gasteiger partial charge in [-0.05, 0) is 0 Å². The zero-order valence-electron chi connectivity index (χ0n) is 19.4. The van der Waals surface area contributed by atoms with Crippen molar-refractivity contribution >= 4 is 44.9 Å². The average molecular weight is 650 g/mol. The molecule has 0 radical (unpaired) electrons. The summed E-state index contributed by atoms with van der Waals surface area (Å²) >= 11 is 1.01. The number of amides is 2. The van der Waals surface area contributed by atoms with Gasteiger partial charge >= 0.3 is 221 Å². The summed E-state index contributed by atoms with van der Waals surface area (Å²) in [5.74, 6) is 0.0558. The molecule has 3 aromatic carbocycles. The zero-order chi connectivity index (χ0) is 25.8. The molecule has 0 heterocycles. The van der Waals surface area contributed by atoms with Crippen LogP contribution in [-0.2, 0) is 28.9 Å². The number of carbonyl (C=O) groups is 2. The molecule has 182 valence electrons. The van der Waals surface area contributed by atoms with E-state index in [1.165, 1.54) is 12.3 Å². The van der Waals surface area contributed by atoms with Crippen molar-refractivity contribution in [1.29, 1.82) is 0 Å². The molecule has 0 spiro atoms. The Hall–Kier alpha value is -4.29. The van der Waals surface area contributed by atoms with E-state index in [1.54, 1.807) is 43.5 Å². The monoisotopic (exact) mass is 650 g/mol. The maximum atomic E-state index is 13.1. The van der Waals surface area contributed by atoms with Crippen molar-refractivity contribution in [3.63, 3.8) is 0 Å². The molecule has 0 saturated heterocycles. The molecule has 0 atom stereocenters. The van der Waals surface area contributed by atoms with Crippen LogP contribution in [0.15, 0.2) is 108 Å². The number of nitrogens with zero attached hydrogens (tertiary/aromatic N) is 1. The SMILES string of the molecule is C=CC(=O)Nc1cccc(N[C](=[W])/C(=C\N=[C-]Nc2cccc(OC)c2)C(=O)Nc2ccccc2)c1. The van der Waals surface area contributed by atoms with Crippen LogP contribution < -0.4 is 26.0 Å². The zero-order valence-corrected chi connectivity index (χ0v) is 22.4. The van der Waals surface area contributed by atoms with E-state index in [4.69, 9.17) is 4.74 Å². The Morgan fingerprint density at radius 3 is 2.28 bits per heavy atom. The third kappa shape index (κ3) is 8.18. The number of nitrogens with one attached hydrogen (secondary N) is 4. The molecule has 0 aliphatic rings. The molecule has 0 aliphatic heterocycles. The summed E-state index contributed by atoms with van der Waals surface area (Å²) in [4.78, 5) is 28.9. The number of methoxy groups -OCH3 is 1. The molecule has 0 fully saturated rings. The standard InChI is InChI=1S/C27H24N5O3.W/c1-3-26(33)31-24-13-7-11-22(15-24)29-18-20(27(34)32-21-9-5-4-6-10-21)17-28-19-30-23-12-8-14-25(16-23)35-2;/h3-17,29H,1H2,2H3,(H,28,30)(H,31,33)(H,32,34);/q-1;/b20-17+;. The fourth-order valence-electron chi connectivity index (χ4n) is 2.90. The predicted molar refractivity (Wildman–Crippen MR) is 141 cm³/mol. The summed E-state index contributed by atoms with van der Waals surface area (Å²) in [6.45, 7) is 3.46. The Morgan fingerprint density at radius 2 is 1.56 bits per heavy atom. The van der Waals surface area contributed by atoms with Crippen LogP contribution in [0.5, 0.6) is 5.75 Å². The number of ether oxygens (including phenoxy) is 1. The molecule has 36 heavy (non-hydrogen) atoms. The second-order valence-corrected chi connectivity index (χ2v) is 8.66. The summed E-state index contributed by atoms with van der Waals surface area (Å²) in [5.41, 5.74) is 3.02. The molecule has 8 nitrogen and oxygen atoms in total. The van der Waals surface area contributed by atoms with Crippen LogP contribution in [0.2, 0.25) is 0 Å². The van der Waals surface area contributed by atoms with Crippen LogP contribution in [0.25, 0.3) is 0 Å². The van der Waals surface area contributed by atoms with Crippen LogP contribution in [0, 0.1) is 0 Å². The molecule has 3 rings (SSSR count). The number of hydrogen-bond donors (Lipinski definition) is 4. The van der Waals surface area contributed by atoms with Crippen molar-refractivity contribution in [2.45, 2.75) is 0 Å². The van der Waals surface area contributed by atoms with Crippen LogP contribution in [0.3, 0.4) is 0 Å². The van der Waals surface area contributed by atoms with E-state index >= 15 is 0 Å². The number of anilines is 4. The first kappa shape index (κ1) is 26.3. The van der Waals surface area contributed by atoms with E-state index in [0.29, 0.717) is 32.4 Å². The van der Waals surface area contributed by atoms with Crippen LogP contribution >= 0.6 is 0 Å². The fraction of sp³-hybridized carbons (Fsp3) is 0.0370. The molecule has 0 aliphatic carbocycles. The van der Waals surface area contributed by atoms with Crippen LogP contribution in [0.4, 0.5) is 22.7 Å². The molecular weight excluding hydrogens is 626 g/mol. The Balaban J connectivity index is 1.79. The maximum absolute atomic E-state index is 13.1. The summed E-state index contributed by atoms with van der Waals surface area (Å²) in [7, 11) is 1.59. The number of para-hydroxylation sites is 1. The van der Waals surface area contributed by atoms with Crippen molar-refractivity contribution in [1.82, 2.24) is 0 Å².